The number of carbonyl (C=O) groups is 2. The molecular formula is C13H11IN2O4. The first-order chi connectivity index (χ1) is 9.38. The molecule has 0 atom stereocenters. The fourth-order valence-electron chi connectivity index (χ4n) is 1.72. The van der Waals surface area contributed by atoms with Crippen molar-refractivity contribution >= 4 is 40.2 Å². The molecule has 0 spiro atoms. The van der Waals surface area contributed by atoms with Crippen LogP contribution in [-0.4, -0.2) is 22.0 Å². The number of rotatable bonds is 3. The van der Waals surface area contributed by atoms with Gasteiger partial charge in [0.2, 0.25) is 5.76 Å². The van der Waals surface area contributed by atoms with Crippen molar-refractivity contribution in [3.05, 3.63) is 44.7 Å². The summed E-state index contributed by atoms with van der Waals surface area (Å²) in [5.74, 6) is -1.16. The molecule has 1 amide bonds. The summed E-state index contributed by atoms with van der Waals surface area (Å²) in [6, 6.07) is 4.74. The number of anilines is 1. The molecule has 20 heavy (non-hydrogen) atoms. The van der Waals surface area contributed by atoms with E-state index in [1.165, 1.54) is 6.07 Å². The van der Waals surface area contributed by atoms with Crippen molar-refractivity contribution in [1.29, 1.82) is 0 Å². The number of benzene rings is 1. The molecule has 0 aliphatic heterocycles. The van der Waals surface area contributed by atoms with Crippen molar-refractivity contribution < 1.29 is 19.1 Å². The van der Waals surface area contributed by atoms with Crippen LogP contribution in [0.4, 0.5) is 5.69 Å². The summed E-state index contributed by atoms with van der Waals surface area (Å²) >= 11 is 2.00. The Morgan fingerprint density at radius 2 is 2.05 bits per heavy atom. The summed E-state index contributed by atoms with van der Waals surface area (Å²) in [5, 5.41) is 11.7. The zero-order valence-electron chi connectivity index (χ0n) is 10.7. The molecule has 1 aromatic carbocycles. The first-order valence-electron chi connectivity index (χ1n) is 5.66. The first kappa shape index (κ1) is 14.5. The highest BCUT2D eigenvalue weighted by Gasteiger charge is 2.19. The minimum absolute atomic E-state index is 0.0270. The van der Waals surface area contributed by atoms with Crippen molar-refractivity contribution in [1.82, 2.24) is 4.98 Å². The fourth-order valence-corrected chi connectivity index (χ4v) is 2.21. The van der Waals surface area contributed by atoms with E-state index in [9.17, 15) is 9.59 Å². The third kappa shape index (κ3) is 2.98. The molecule has 6 nitrogen and oxygen atoms in total. The van der Waals surface area contributed by atoms with Gasteiger partial charge < -0.3 is 14.8 Å². The van der Waals surface area contributed by atoms with E-state index in [-0.39, 0.29) is 17.0 Å². The first-order valence-corrected chi connectivity index (χ1v) is 6.74. The average molecular weight is 386 g/mol. The number of carboxylic acid groups (broad SMARTS) is 1. The van der Waals surface area contributed by atoms with E-state index < -0.39 is 11.9 Å². The minimum atomic E-state index is -1.11. The highest BCUT2D eigenvalue weighted by molar-refractivity contribution is 14.1. The lowest BCUT2D eigenvalue weighted by Crippen LogP contribution is -2.15. The molecule has 7 heteroatoms. The minimum Gasteiger partial charge on any atom is -0.478 e. The van der Waals surface area contributed by atoms with Crippen LogP contribution in [0.1, 0.15) is 32.5 Å². The molecule has 1 heterocycles. The molecule has 0 aliphatic carbocycles. The second-order valence-electron chi connectivity index (χ2n) is 4.10. The number of aromatic nitrogens is 1. The van der Waals surface area contributed by atoms with Crippen LogP contribution in [0, 0.1) is 17.4 Å². The van der Waals surface area contributed by atoms with Gasteiger partial charge >= 0.3 is 5.97 Å². The number of nitrogens with one attached hydrogen (secondary N) is 1. The lowest BCUT2D eigenvalue weighted by molar-refractivity contribution is 0.0698. The van der Waals surface area contributed by atoms with E-state index in [0.717, 1.165) is 3.57 Å². The average Bonchev–Trinajstić information content (AvgIpc) is 2.70. The SMILES string of the molecule is Cc1nc(C)c(C(=O)Nc2ccc(I)cc2C(=O)O)o1. The number of halogens is 1. The van der Waals surface area contributed by atoms with Gasteiger partial charge in [0.25, 0.3) is 5.91 Å². The van der Waals surface area contributed by atoms with Crippen molar-refractivity contribution in [2.75, 3.05) is 5.32 Å². The van der Waals surface area contributed by atoms with Gasteiger partial charge in [0.15, 0.2) is 5.89 Å². The summed E-state index contributed by atoms with van der Waals surface area (Å²) in [7, 11) is 0. The Kier molecular flexibility index (Phi) is 4.07. The lowest BCUT2D eigenvalue weighted by atomic mass is 10.1. The molecule has 0 saturated heterocycles. The number of oxazole rings is 1. The van der Waals surface area contributed by atoms with Crippen molar-refractivity contribution in [3.63, 3.8) is 0 Å². The quantitative estimate of drug-likeness (QED) is 0.792. The standard InChI is InChI=1S/C13H11IN2O4/c1-6-11(20-7(2)15-6)12(17)16-10-4-3-8(14)5-9(10)13(18)19/h3-5H,1-2H3,(H,16,17)(H,18,19). The third-order valence-electron chi connectivity index (χ3n) is 2.57. The Bertz CT molecular complexity index is 694. The van der Waals surface area contributed by atoms with E-state index in [4.69, 9.17) is 9.52 Å². The largest absolute Gasteiger partial charge is 0.478 e. The van der Waals surface area contributed by atoms with E-state index >= 15 is 0 Å². The monoisotopic (exact) mass is 386 g/mol. The zero-order chi connectivity index (χ0) is 14.9. The Balaban J connectivity index is 2.33. The Morgan fingerprint density at radius 1 is 1.35 bits per heavy atom. The van der Waals surface area contributed by atoms with E-state index in [2.05, 4.69) is 10.3 Å². The molecule has 0 aliphatic rings. The third-order valence-corrected chi connectivity index (χ3v) is 3.24. The van der Waals surface area contributed by atoms with E-state index in [1.807, 2.05) is 22.6 Å². The number of aryl methyl sites for hydroxylation is 2. The molecule has 0 radical (unpaired) electrons. The van der Waals surface area contributed by atoms with Crippen molar-refractivity contribution in [2.45, 2.75) is 13.8 Å². The normalized spacial score (nSPS) is 10.3. The van der Waals surface area contributed by atoms with Crippen LogP contribution in [-0.2, 0) is 0 Å². The number of carbonyl (C=O) groups excluding carboxylic acids is 1. The maximum absolute atomic E-state index is 12.1. The molecule has 0 unspecified atom stereocenters. The van der Waals surface area contributed by atoms with Crippen LogP contribution < -0.4 is 5.32 Å². The number of aromatic carboxylic acids is 1. The summed E-state index contributed by atoms with van der Waals surface area (Å²) in [4.78, 5) is 27.2. The Hall–Kier alpha value is -1.90. The van der Waals surface area contributed by atoms with Gasteiger partial charge in [0, 0.05) is 10.5 Å². The molecule has 2 rings (SSSR count). The lowest BCUT2D eigenvalue weighted by Gasteiger charge is -2.07. The highest BCUT2D eigenvalue weighted by Crippen LogP contribution is 2.20. The van der Waals surface area contributed by atoms with Crippen LogP contribution in [0.15, 0.2) is 22.6 Å². The molecule has 2 N–H and O–H groups in total. The summed E-state index contributed by atoms with van der Waals surface area (Å²) in [5.41, 5.74) is 0.706. The zero-order valence-corrected chi connectivity index (χ0v) is 12.9. The predicted octanol–water partition coefficient (Wildman–Crippen LogP) is 2.85. The van der Waals surface area contributed by atoms with Crippen molar-refractivity contribution in [2.24, 2.45) is 0 Å². The number of amides is 1. The van der Waals surface area contributed by atoms with Crippen LogP contribution in [0.3, 0.4) is 0 Å². The second kappa shape index (κ2) is 5.61. The molecular weight excluding hydrogens is 375 g/mol. The smallest absolute Gasteiger partial charge is 0.337 e. The second-order valence-corrected chi connectivity index (χ2v) is 5.34. The number of carboxylic acids is 1. The van der Waals surface area contributed by atoms with Gasteiger partial charge in [-0.1, -0.05) is 0 Å². The van der Waals surface area contributed by atoms with Crippen LogP contribution in [0.25, 0.3) is 0 Å². The molecule has 2 aromatic rings. The molecule has 0 fully saturated rings. The van der Waals surface area contributed by atoms with E-state index in [0.29, 0.717) is 11.6 Å². The number of hydrogen-bond donors (Lipinski definition) is 2. The van der Waals surface area contributed by atoms with Gasteiger partial charge in [0.1, 0.15) is 0 Å². The molecule has 0 bridgehead atoms. The molecule has 0 saturated carbocycles. The van der Waals surface area contributed by atoms with Crippen LogP contribution in [0.2, 0.25) is 0 Å². The van der Waals surface area contributed by atoms with Crippen LogP contribution in [0.5, 0.6) is 0 Å². The van der Waals surface area contributed by atoms with Crippen molar-refractivity contribution in [3.8, 4) is 0 Å². The number of hydrogen-bond acceptors (Lipinski definition) is 4. The van der Waals surface area contributed by atoms with Gasteiger partial charge in [-0.25, -0.2) is 9.78 Å². The summed E-state index contributed by atoms with van der Waals surface area (Å²) in [6.45, 7) is 3.29. The molecule has 104 valence electrons. The molecule has 1 aromatic heterocycles. The highest BCUT2D eigenvalue weighted by atomic mass is 127. The maximum Gasteiger partial charge on any atom is 0.337 e. The topological polar surface area (TPSA) is 92.4 Å². The van der Waals surface area contributed by atoms with Gasteiger partial charge in [-0.15, -0.1) is 0 Å². The number of nitrogens with zero attached hydrogens (tertiary/aromatic N) is 1. The Labute approximate surface area is 128 Å². The van der Waals surface area contributed by atoms with Gasteiger partial charge in [-0.2, -0.15) is 0 Å². The fraction of sp³-hybridized carbons (Fsp3) is 0.154. The Morgan fingerprint density at radius 3 is 2.60 bits per heavy atom. The summed E-state index contributed by atoms with van der Waals surface area (Å²) < 4.78 is 5.97. The maximum atomic E-state index is 12.1. The van der Waals surface area contributed by atoms with Gasteiger partial charge in [-0.05, 0) is 47.7 Å². The van der Waals surface area contributed by atoms with Gasteiger partial charge in [-0.3, -0.25) is 4.79 Å². The van der Waals surface area contributed by atoms with Gasteiger partial charge in [0.05, 0.1) is 16.9 Å². The predicted molar refractivity (Wildman–Crippen MR) is 80.0 cm³/mol. The summed E-state index contributed by atoms with van der Waals surface area (Å²) in [6.07, 6.45) is 0. The van der Waals surface area contributed by atoms with Crippen LogP contribution >= 0.6 is 22.6 Å². The van der Waals surface area contributed by atoms with E-state index in [1.54, 1.807) is 26.0 Å².